The van der Waals surface area contributed by atoms with Crippen molar-refractivity contribution in [3.05, 3.63) is 87.6 Å². The minimum Gasteiger partial charge on any atom is -0.480 e. The van der Waals surface area contributed by atoms with Gasteiger partial charge >= 0.3 is 5.97 Å². The van der Waals surface area contributed by atoms with Crippen LogP contribution >= 0.6 is 11.6 Å². The molecule has 2 heterocycles. The van der Waals surface area contributed by atoms with Crippen molar-refractivity contribution in [3.63, 3.8) is 0 Å². The zero-order valence-corrected chi connectivity index (χ0v) is 23.6. The second-order valence-electron chi connectivity index (χ2n) is 10.4. The van der Waals surface area contributed by atoms with Gasteiger partial charge in [0.2, 0.25) is 0 Å². The van der Waals surface area contributed by atoms with Crippen LogP contribution in [-0.2, 0) is 17.6 Å². The quantitative estimate of drug-likeness (QED) is 0.302. The molecule has 0 spiro atoms. The van der Waals surface area contributed by atoms with E-state index in [1.54, 1.807) is 12.1 Å². The van der Waals surface area contributed by atoms with E-state index in [-0.39, 0.29) is 12.3 Å². The predicted molar refractivity (Wildman–Crippen MR) is 157 cm³/mol. The molecule has 206 valence electrons. The summed E-state index contributed by atoms with van der Waals surface area (Å²) >= 11 is 6.15. The number of carboxylic acid groups (broad SMARTS) is 1. The Bertz CT molecular complexity index is 1300. The Morgan fingerprint density at radius 1 is 1.10 bits per heavy atom. The Hall–Kier alpha value is -3.58. The Morgan fingerprint density at radius 3 is 2.46 bits per heavy atom. The number of piperidine rings is 1. The van der Waals surface area contributed by atoms with E-state index in [9.17, 15) is 14.7 Å². The van der Waals surface area contributed by atoms with Gasteiger partial charge in [0.15, 0.2) is 0 Å². The maximum Gasteiger partial charge on any atom is 0.326 e. The number of halogens is 1. The third kappa shape index (κ3) is 7.51. The van der Waals surface area contributed by atoms with E-state index in [2.05, 4.69) is 33.5 Å². The summed E-state index contributed by atoms with van der Waals surface area (Å²) < 4.78 is 0. The lowest BCUT2D eigenvalue weighted by Gasteiger charge is -2.34. The molecular formula is C31H37ClN4O3. The van der Waals surface area contributed by atoms with Crippen molar-refractivity contribution >= 4 is 35.0 Å². The fourth-order valence-corrected chi connectivity index (χ4v) is 5.50. The molecule has 3 N–H and O–H groups in total. The molecule has 0 radical (unpaired) electrons. The number of nitrogens with zero attached hydrogens (tertiary/aromatic N) is 2. The second-order valence-corrected chi connectivity index (χ2v) is 10.8. The molecule has 1 aliphatic heterocycles. The highest BCUT2D eigenvalue weighted by Crippen LogP contribution is 2.25. The van der Waals surface area contributed by atoms with Gasteiger partial charge in [-0.1, -0.05) is 30.7 Å². The second kappa shape index (κ2) is 13.0. The minimum absolute atomic E-state index is 0.205. The number of hydrogen-bond acceptors (Lipinski definition) is 5. The molecule has 0 saturated carbocycles. The SMILES string of the molecule is CCc1cc(Cl)cc(C)c1C(=O)NC(Cc1ccc(N2CCC(CNc3cc(C)ccn3)CC2)cc1)C(=O)O. The van der Waals surface area contributed by atoms with Crippen LogP contribution in [0.25, 0.3) is 0 Å². The van der Waals surface area contributed by atoms with E-state index < -0.39 is 12.0 Å². The predicted octanol–water partition coefficient (Wildman–Crippen LogP) is 5.67. The topological polar surface area (TPSA) is 94.6 Å². The first-order valence-corrected chi connectivity index (χ1v) is 13.9. The van der Waals surface area contributed by atoms with Gasteiger partial charge in [0, 0.05) is 48.5 Å². The van der Waals surface area contributed by atoms with Gasteiger partial charge in [-0.05, 0) is 97.7 Å². The molecule has 39 heavy (non-hydrogen) atoms. The van der Waals surface area contributed by atoms with Crippen LogP contribution in [0.1, 0.15) is 52.4 Å². The van der Waals surface area contributed by atoms with Crippen LogP contribution in [0.5, 0.6) is 0 Å². The minimum atomic E-state index is -1.06. The lowest BCUT2D eigenvalue weighted by atomic mass is 9.96. The summed E-state index contributed by atoms with van der Waals surface area (Å²) in [7, 11) is 0. The van der Waals surface area contributed by atoms with Crippen LogP contribution in [0.3, 0.4) is 0 Å². The lowest BCUT2D eigenvalue weighted by Crippen LogP contribution is -2.42. The van der Waals surface area contributed by atoms with E-state index in [4.69, 9.17) is 11.6 Å². The van der Waals surface area contributed by atoms with Crippen LogP contribution in [0.15, 0.2) is 54.7 Å². The van der Waals surface area contributed by atoms with Gasteiger partial charge < -0.3 is 20.6 Å². The molecule has 0 bridgehead atoms. The smallest absolute Gasteiger partial charge is 0.326 e. The van der Waals surface area contributed by atoms with E-state index in [0.717, 1.165) is 60.7 Å². The maximum atomic E-state index is 13.1. The third-order valence-electron chi connectivity index (χ3n) is 7.44. The Kier molecular flexibility index (Phi) is 9.46. The van der Waals surface area contributed by atoms with Crippen LogP contribution in [-0.4, -0.2) is 47.6 Å². The zero-order valence-electron chi connectivity index (χ0n) is 22.8. The molecule has 8 heteroatoms. The number of rotatable bonds is 10. The van der Waals surface area contributed by atoms with Crippen LogP contribution in [0, 0.1) is 19.8 Å². The number of hydrogen-bond donors (Lipinski definition) is 3. The van der Waals surface area contributed by atoms with E-state index >= 15 is 0 Å². The number of amides is 1. The van der Waals surface area contributed by atoms with Crippen molar-refractivity contribution in [3.8, 4) is 0 Å². The standard InChI is InChI=1S/C31H37ClN4O3/c1-4-24-18-25(32)16-21(3)29(24)30(37)35-27(31(38)39)17-22-5-7-26(8-6-22)36-13-10-23(11-14-36)19-34-28-15-20(2)9-12-33-28/h5-9,12,15-16,18,23,27H,4,10-11,13-14,17,19H2,1-3H3,(H,33,34)(H,35,37)(H,38,39). The highest BCUT2D eigenvalue weighted by atomic mass is 35.5. The van der Waals surface area contributed by atoms with Crippen LogP contribution < -0.4 is 15.5 Å². The number of anilines is 2. The number of pyridine rings is 1. The average molecular weight is 549 g/mol. The van der Waals surface area contributed by atoms with Crippen molar-refractivity contribution in [1.82, 2.24) is 10.3 Å². The molecule has 7 nitrogen and oxygen atoms in total. The summed E-state index contributed by atoms with van der Waals surface area (Å²) in [6.07, 6.45) is 4.85. The van der Waals surface area contributed by atoms with Crippen molar-refractivity contribution in [1.29, 1.82) is 0 Å². The van der Waals surface area contributed by atoms with Crippen molar-refractivity contribution in [2.75, 3.05) is 29.9 Å². The van der Waals surface area contributed by atoms with Crippen molar-refractivity contribution < 1.29 is 14.7 Å². The number of aliphatic carboxylic acids is 1. The molecule has 0 aliphatic carbocycles. The summed E-state index contributed by atoms with van der Waals surface area (Å²) in [6.45, 7) is 8.69. The van der Waals surface area contributed by atoms with E-state index in [1.165, 1.54) is 5.56 Å². The first-order chi connectivity index (χ1) is 18.7. The van der Waals surface area contributed by atoms with Crippen LogP contribution in [0.4, 0.5) is 11.5 Å². The molecule has 1 saturated heterocycles. The van der Waals surface area contributed by atoms with Gasteiger partial charge in [-0.3, -0.25) is 4.79 Å². The van der Waals surface area contributed by atoms with Gasteiger partial charge in [0.05, 0.1) is 0 Å². The molecule has 1 aromatic heterocycles. The van der Waals surface area contributed by atoms with E-state index in [0.29, 0.717) is 22.9 Å². The summed E-state index contributed by atoms with van der Waals surface area (Å²) in [5.74, 6) is 0.0764. The van der Waals surface area contributed by atoms with Crippen molar-refractivity contribution in [2.24, 2.45) is 5.92 Å². The number of aryl methyl sites for hydroxylation is 3. The molecular weight excluding hydrogens is 512 g/mol. The van der Waals surface area contributed by atoms with Crippen LogP contribution in [0.2, 0.25) is 5.02 Å². The molecule has 1 amide bonds. The average Bonchev–Trinajstić information content (AvgIpc) is 2.91. The van der Waals surface area contributed by atoms with Gasteiger partial charge in [0.25, 0.3) is 5.91 Å². The highest BCUT2D eigenvalue weighted by Gasteiger charge is 2.24. The van der Waals surface area contributed by atoms with E-state index in [1.807, 2.05) is 50.4 Å². The molecule has 1 fully saturated rings. The van der Waals surface area contributed by atoms with Gasteiger partial charge in [-0.25, -0.2) is 9.78 Å². The molecule has 1 aliphatic rings. The maximum absolute atomic E-state index is 13.1. The summed E-state index contributed by atoms with van der Waals surface area (Å²) in [6, 6.07) is 14.5. The number of carbonyl (C=O) groups excluding carboxylic acids is 1. The monoisotopic (exact) mass is 548 g/mol. The Morgan fingerprint density at radius 2 is 1.82 bits per heavy atom. The third-order valence-corrected chi connectivity index (χ3v) is 7.65. The highest BCUT2D eigenvalue weighted by molar-refractivity contribution is 6.30. The zero-order chi connectivity index (χ0) is 27.9. The largest absolute Gasteiger partial charge is 0.480 e. The molecule has 4 rings (SSSR count). The fraction of sp³-hybridized carbons (Fsp3) is 0.387. The number of nitrogens with one attached hydrogen (secondary N) is 2. The number of carbonyl (C=O) groups is 2. The van der Waals surface area contributed by atoms with Gasteiger partial charge in [-0.2, -0.15) is 0 Å². The molecule has 3 aromatic rings. The summed E-state index contributed by atoms with van der Waals surface area (Å²) in [5.41, 5.74) is 5.22. The Labute approximate surface area is 235 Å². The number of aromatic nitrogens is 1. The molecule has 1 unspecified atom stereocenters. The number of benzene rings is 2. The first kappa shape index (κ1) is 28.4. The fourth-order valence-electron chi connectivity index (χ4n) is 5.20. The lowest BCUT2D eigenvalue weighted by molar-refractivity contribution is -0.139. The Balaban J connectivity index is 1.32. The number of carboxylic acids is 1. The molecule has 2 aromatic carbocycles. The summed E-state index contributed by atoms with van der Waals surface area (Å²) in [5, 5.41) is 16.6. The van der Waals surface area contributed by atoms with Gasteiger partial charge in [0.1, 0.15) is 11.9 Å². The normalized spacial score (nSPS) is 14.6. The van der Waals surface area contributed by atoms with Gasteiger partial charge in [-0.15, -0.1) is 0 Å². The van der Waals surface area contributed by atoms with Crippen molar-refractivity contribution in [2.45, 2.75) is 52.5 Å². The first-order valence-electron chi connectivity index (χ1n) is 13.6. The molecule has 1 atom stereocenters. The summed E-state index contributed by atoms with van der Waals surface area (Å²) in [4.78, 5) is 31.8.